The largest absolute Gasteiger partial charge is 0.481 e. The first-order chi connectivity index (χ1) is 30.3. The number of allylic oxidation sites excluding steroid dienone is 6. The number of anilines is 1. The van der Waals surface area contributed by atoms with Gasteiger partial charge in [0.05, 0.1) is 45.1 Å². The summed E-state index contributed by atoms with van der Waals surface area (Å²) in [5.74, 6) is -0.812. The van der Waals surface area contributed by atoms with Crippen molar-refractivity contribution in [1.29, 1.82) is 0 Å². The molecule has 2 aliphatic heterocycles. The number of hydrogen-bond acceptors (Lipinski definition) is 9. The maximum atomic E-state index is 12.6. The van der Waals surface area contributed by atoms with E-state index < -0.39 is 21.5 Å². The van der Waals surface area contributed by atoms with Crippen molar-refractivity contribution in [3.05, 3.63) is 114 Å². The fourth-order valence-corrected chi connectivity index (χ4v) is 9.88. The lowest BCUT2D eigenvalue weighted by molar-refractivity contribution is -0.441. The van der Waals surface area contributed by atoms with Crippen LogP contribution < -0.4 is 4.90 Å². The number of aliphatic carboxylic acids is 1. The summed E-state index contributed by atoms with van der Waals surface area (Å²) in [6, 6.07) is 21.6. The van der Waals surface area contributed by atoms with Gasteiger partial charge in [-0.1, -0.05) is 67.1 Å². The summed E-state index contributed by atoms with van der Waals surface area (Å²) in [6.07, 6.45) is 13.2. The molecule has 2 heterocycles. The van der Waals surface area contributed by atoms with Crippen molar-refractivity contribution in [3.8, 4) is 0 Å². The van der Waals surface area contributed by atoms with Crippen LogP contribution in [0.3, 0.4) is 0 Å². The zero-order chi connectivity index (χ0) is 45.0. The molecule has 4 aromatic rings. The average Bonchev–Trinajstić information content (AvgIpc) is 3.63. The Balaban J connectivity index is 1.34. The number of carboxylic acid groups (broad SMARTS) is 1. The van der Waals surface area contributed by atoms with E-state index in [1.807, 2.05) is 24.3 Å². The fourth-order valence-electron chi connectivity index (χ4n) is 9.17. The maximum Gasteiger partial charge on any atom is 0.303 e. The fraction of sp³-hybridized carbons (Fsp3) is 0.440. The third-order valence-electron chi connectivity index (χ3n) is 12.2. The van der Waals surface area contributed by atoms with Gasteiger partial charge in [-0.05, 0) is 86.0 Å². The molecule has 0 saturated carbocycles. The Morgan fingerprint density at radius 3 is 2.14 bits per heavy atom. The molecule has 1 unspecified atom stereocenters. The number of hydrogen-bond donors (Lipinski definition) is 2. The van der Waals surface area contributed by atoms with Gasteiger partial charge < -0.3 is 33.7 Å². The van der Waals surface area contributed by atoms with Crippen LogP contribution >= 0.6 is 0 Å². The molecule has 338 valence electrons. The molecule has 0 bridgehead atoms. The summed E-state index contributed by atoms with van der Waals surface area (Å²) in [5, 5.41) is 12.9. The Labute approximate surface area is 372 Å². The van der Waals surface area contributed by atoms with Crippen molar-refractivity contribution in [2.24, 2.45) is 0 Å². The number of rotatable bonds is 25. The second-order valence-electron chi connectivity index (χ2n) is 16.7. The SMILES string of the molecule is COCCOCCOCCOCCC1(C)\C(=C/C=C/C=C/C2=[N+](CCOC)c3ccc4ccccc4c3C2(C)C)N(CCCCCC(=O)O)c2ccc3c(S(=O)(=O)O)cccc3c21. The lowest BCUT2D eigenvalue weighted by atomic mass is 9.76. The summed E-state index contributed by atoms with van der Waals surface area (Å²) in [7, 11) is -1.15. The van der Waals surface area contributed by atoms with Gasteiger partial charge in [0.1, 0.15) is 11.5 Å². The van der Waals surface area contributed by atoms with Crippen LogP contribution in [0.2, 0.25) is 0 Å². The van der Waals surface area contributed by atoms with E-state index >= 15 is 0 Å². The van der Waals surface area contributed by atoms with Gasteiger partial charge in [0.2, 0.25) is 5.69 Å². The van der Waals surface area contributed by atoms with Crippen molar-refractivity contribution in [1.82, 2.24) is 0 Å². The van der Waals surface area contributed by atoms with Gasteiger partial charge in [0.15, 0.2) is 12.3 Å². The first kappa shape index (κ1) is 47.7. The van der Waals surface area contributed by atoms with Gasteiger partial charge in [-0.15, -0.1) is 0 Å². The molecule has 2 aliphatic rings. The van der Waals surface area contributed by atoms with Crippen molar-refractivity contribution >= 4 is 54.7 Å². The van der Waals surface area contributed by atoms with Crippen LogP contribution in [0, 0.1) is 0 Å². The molecule has 0 saturated heterocycles. The lowest BCUT2D eigenvalue weighted by Gasteiger charge is -2.31. The second-order valence-corrected chi connectivity index (χ2v) is 18.1. The normalized spacial score (nSPS) is 17.9. The minimum Gasteiger partial charge on any atom is -0.481 e. The van der Waals surface area contributed by atoms with E-state index in [1.54, 1.807) is 26.4 Å². The number of ether oxygens (including phenoxy) is 5. The predicted octanol–water partition coefficient (Wildman–Crippen LogP) is 8.77. The van der Waals surface area contributed by atoms with Crippen LogP contribution in [0.1, 0.15) is 64.0 Å². The highest BCUT2D eigenvalue weighted by atomic mass is 32.2. The summed E-state index contributed by atoms with van der Waals surface area (Å²) in [6.45, 7) is 11.8. The summed E-state index contributed by atoms with van der Waals surface area (Å²) in [5.41, 5.74) is 5.61. The number of fused-ring (bicyclic) bond motifs is 6. The number of carboxylic acids is 1. The van der Waals surface area contributed by atoms with E-state index in [9.17, 15) is 22.9 Å². The minimum atomic E-state index is -4.51. The van der Waals surface area contributed by atoms with Crippen molar-refractivity contribution < 1.29 is 51.1 Å². The third kappa shape index (κ3) is 11.0. The molecule has 0 aliphatic carbocycles. The monoisotopic (exact) mass is 883 g/mol. The second kappa shape index (κ2) is 21.8. The number of unbranched alkanes of at least 4 members (excludes halogenated alkanes) is 2. The molecule has 6 rings (SSSR count). The molecule has 2 N–H and O–H groups in total. The van der Waals surface area contributed by atoms with Crippen molar-refractivity contribution in [2.75, 3.05) is 85.1 Å². The lowest BCUT2D eigenvalue weighted by Crippen LogP contribution is -2.30. The van der Waals surface area contributed by atoms with Gasteiger partial charge in [-0.2, -0.15) is 13.0 Å². The topological polar surface area (TPSA) is 144 Å². The third-order valence-corrected chi connectivity index (χ3v) is 13.1. The Hall–Kier alpha value is -4.73. The molecule has 0 spiro atoms. The molecule has 4 aromatic carbocycles. The van der Waals surface area contributed by atoms with E-state index in [-0.39, 0.29) is 16.7 Å². The Bertz CT molecular complexity index is 2470. The van der Waals surface area contributed by atoms with Crippen LogP contribution in [0.4, 0.5) is 11.4 Å². The summed E-state index contributed by atoms with van der Waals surface area (Å²) in [4.78, 5) is 13.5. The van der Waals surface area contributed by atoms with E-state index in [0.717, 1.165) is 35.2 Å². The van der Waals surface area contributed by atoms with Crippen LogP contribution in [-0.4, -0.2) is 114 Å². The first-order valence-electron chi connectivity index (χ1n) is 21.8. The van der Waals surface area contributed by atoms with Gasteiger partial charge in [0.25, 0.3) is 10.1 Å². The number of nitrogens with zero attached hydrogens (tertiary/aromatic N) is 2. The van der Waals surface area contributed by atoms with Gasteiger partial charge in [-0.3, -0.25) is 9.35 Å². The minimum absolute atomic E-state index is 0.108. The number of benzene rings is 4. The van der Waals surface area contributed by atoms with E-state index in [2.05, 4.69) is 84.9 Å². The molecule has 13 heteroatoms. The standard InChI is InChI=1S/C50H62N2O10S/c1-49(2)44(52(28-30-58-4)41-24-22-37-15-11-12-16-38(37)47(41)49)19-8-6-9-20-45-50(3,26-29-60-33-34-62-36-35-61-32-31-59-5)48-40-17-14-18-43(63(55,56)57)39(40)23-25-42(48)51(45)27-13-7-10-21-46(53)54/h6,8-9,11-12,14-20,22-25H,7,10,13,21,26-36H2,1-5H3,(H-,53,54,55,56,57)/p+1. The Kier molecular flexibility index (Phi) is 16.5. The molecule has 0 aromatic heterocycles. The molecule has 12 nitrogen and oxygen atoms in total. The number of methoxy groups -OCH3 is 2. The van der Waals surface area contributed by atoms with Crippen molar-refractivity contribution in [3.63, 3.8) is 0 Å². The van der Waals surface area contributed by atoms with Crippen LogP contribution in [0.25, 0.3) is 21.5 Å². The smallest absolute Gasteiger partial charge is 0.303 e. The van der Waals surface area contributed by atoms with Gasteiger partial charge in [0, 0.05) is 73.7 Å². The molecule has 63 heavy (non-hydrogen) atoms. The highest BCUT2D eigenvalue weighted by Gasteiger charge is 2.46. The number of carbonyl (C=O) groups is 1. The average molecular weight is 884 g/mol. The highest BCUT2D eigenvalue weighted by molar-refractivity contribution is 7.86. The molecule has 0 fully saturated rings. The molecular formula is C50H63N2O10S+. The zero-order valence-corrected chi connectivity index (χ0v) is 38.1. The summed E-state index contributed by atoms with van der Waals surface area (Å²) < 4.78 is 65.8. The highest BCUT2D eigenvalue weighted by Crippen LogP contribution is 2.53. The first-order valence-corrected chi connectivity index (χ1v) is 23.3. The van der Waals surface area contributed by atoms with Crippen LogP contribution in [-0.2, 0) is 49.4 Å². The molecule has 1 atom stereocenters. The molecular weight excluding hydrogens is 821 g/mol. The van der Waals surface area contributed by atoms with E-state index in [4.69, 9.17) is 23.7 Å². The summed E-state index contributed by atoms with van der Waals surface area (Å²) >= 11 is 0. The molecule has 0 radical (unpaired) electrons. The predicted molar refractivity (Wildman–Crippen MR) is 249 cm³/mol. The van der Waals surface area contributed by atoms with Crippen LogP contribution in [0.15, 0.2) is 108 Å². The molecule has 0 amide bonds. The van der Waals surface area contributed by atoms with Crippen LogP contribution in [0.5, 0.6) is 0 Å². The van der Waals surface area contributed by atoms with Crippen molar-refractivity contribution in [2.45, 2.75) is 68.6 Å². The maximum absolute atomic E-state index is 12.6. The quantitative estimate of drug-likeness (QED) is 0.0285. The Morgan fingerprint density at radius 2 is 1.43 bits per heavy atom. The zero-order valence-electron chi connectivity index (χ0n) is 37.3. The van der Waals surface area contributed by atoms with Gasteiger partial charge in [-0.25, -0.2) is 0 Å². The van der Waals surface area contributed by atoms with E-state index in [0.29, 0.717) is 84.2 Å². The van der Waals surface area contributed by atoms with E-state index in [1.165, 1.54) is 33.8 Å². The van der Waals surface area contributed by atoms with Gasteiger partial charge >= 0.3 is 5.97 Å². The Morgan fingerprint density at radius 1 is 0.730 bits per heavy atom.